The molecule has 1 aromatic heterocycles. The van der Waals surface area contributed by atoms with Gasteiger partial charge in [-0.1, -0.05) is 152 Å². The number of hydrogen-bond donors (Lipinski definition) is 0. The lowest BCUT2D eigenvalue weighted by Gasteiger charge is -2.29. The molecule has 0 aliphatic carbocycles. The molecule has 0 saturated carbocycles. The molecule has 0 fully saturated rings. The maximum atomic E-state index is 6.52. The first-order valence-electron chi connectivity index (χ1n) is 18.5. The number of furan rings is 1. The van der Waals surface area contributed by atoms with Crippen molar-refractivity contribution in [2.75, 3.05) is 4.90 Å². The number of benzene rings is 10. The molecule has 0 radical (unpaired) electrons. The minimum atomic E-state index is 0.893. The zero-order valence-corrected chi connectivity index (χ0v) is 29.4. The average molecular weight is 688 g/mol. The number of fused-ring (bicyclic) bond motifs is 9. The van der Waals surface area contributed by atoms with Crippen LogP contribution in [-0.4, -0.2) is 0 Å². The molecule has 0 unspecified atom stereocenters. The van der Waals surface area contributed by atoms with Gasteiger partial charge in [0.1, 0.15) is 11.2 Å². The highest BCUT2D eigenvalue weighted by Gasteiger charge is 2.20. The summed E-state index contributed by atoms with van der Waals surface area (Å²) in [7, 11) is 0. The molecular weight excluding hydrogens is 655 g/mol. The minimum Gasteiger partial charge on any atom is -0.455 e. The first-order chi connectivity index (χ1) is 26.8. The van der Waals surface area contributed by atoms with E-state index in [-0.39, 0.29) is 0 Å². The first kappa shape index (κ1) is 30.5. The fourth-order valence-corrected chi connectivity index (χ4v) is 8.44. The maximum absolute atomic E-state index is 6.52. The van der Waals surface area contributed by atoms with E-state index in [1.54, 1.807) is 0 Å². The fraction of sp³-hybridized carbons (Fsp3) is 0. The molecule has 11 rings (SSSR count). The molecule has 2 nitrogen and oxygen atoms in total. The Morgan fingerprint density at radius 3 is 1.80 bits per heavy atom. The molecule has 0 N–H and O–H groups in total. The highest BCUT2D eigenvalue weighted by atomic mass is 16.3. The van der Waals surface area contributed by atoms with Gasteiger partial charge in [-0.2, -0.15) is 0 Å². The molecule has 11 aromatic rings. The van der Waals surface area contributed by atoms with Crippen LogP contribution < -0.4 is 4.90 Å². The van der Waals surface area contributed by atoms with E-state index >= 15 is 0 Å². The van der Waals surface area contributed by atoms with Crippen LogP contribution in [0, 0.1) is 0 Å². The molecule has 0 bridgehead atoms. The fourth-order valence-electron chi connectivity index (χ4n) is 8.44. The molecule has 0 saturated heterocycles. The lowest BCUT2D eigenvalue weighted by Crippen LogP contribution is -2.11. The molecule has 252 valence electrons. The van der Waals surface area contributed by atoms with Crippen LogP contribution in [0.4, 0.5) is 17.1 Å². The Hall–Kier alpha value is -7.16. The van der Waals surface area contributed by atoms with Crippen molar-refractivity contribution in [3.05, 3.63) is 200 Å². The van der Waals surface area contributed by atoms with E-state index in [4.69, 9.17) is 4.42 Å². The van der Waals surface area contributed by atoms with Gasteiger partial charge in [-0.3, -0.25) is 0 Å². The number of nitrogens with zero attached hydrogens (tertiary/aromatic N) is 1. The van der Waals surface area contributed by atoms with Gasteiger partial charge in [-0.25, -0.2) is 0 Å². The average Bonchev–Trinajstić information content (AvgIpc) is 3.62. The van der Waals surface area contributed by atoms with Crippen LogP contribution in [-0.2, 0) is 0 Å². The summed E-state index contributed by atoms with van der Waals surface area (Å²) in [4.78, 5) is 2.42. The van der Waals surface area contributed by atoms with E-state index in [1.807, 2.05) is 0 Å². The van der Waals surface area contributed by atoms with Crippen molar-refractivity contribution >= 4 is 82.1 Å². The van der Waals surface area contributed by atoms with Crippen LogP contribution in [0.25, 0.3) is 87.3 Å². The summed E-state index contributed by atoms with van der Waals surface area (Å²) >= 11 is 0. The van der Waals surface area contributed by atoms with Gasteiger partial charge in [0.15, 0.2) is 0 Å². The molecule has 0 atom stereocenters. The Morgan fingerprint density at radius 1 is 0.315 bits per heavy atom. The summed E-state index contributed by atoms with van der Waals surface area (Å²) < 4.78 is 6.52. The predicted molar refractivity (Wildman–Crippen MR) is 229 cm³/mol. The highest BCUT2D eigenvalue weighted by molar-refractivity contribution is 6.16. The van der Waals surface area contributed by atoms with Gasteiger partial charge in [0.2, 0.25) is 0 Å². The summed E-state index contributed by atoms with van der Waals surface area (Å²) in [6.07, 6.45) is 0. The summed E-state index contributed by atoms with van der Waals surface area (Å²) in [5, 5.41) is 12.0. The summed E-state index contributed by atoms with van der Waals surface area (Å²) in [5.74, 6) is 0. The highest BCUT2D eigenvalue weighted by Crippen LogP contribution is 2.45. The topological polar surface area (TPSA) is 16.4 Å². The molecule has 54 heavy (non-hydrogen) atoms. The van der Waals surface area contributed by atoms with E-state index in [2.05, 4.69) is 205 Å². The second-order valence-corrected chi connectivity index (χ2v) is 14.1. The Morgan fingerprint density at radius 2 is 0.907 bits per heavy atom. The molecule has 0 amide bonds. The second kappa shape index (κ2) is 12.2. The van der Waals surface area contributed by atoms with Crippen molar-refractivity contribution in [1.82, 2.24) is 0 Å². The normalized spacial score (nSPS) is 11.7. The van der Waals surface area contributed by atoms with Gasteiger partial charge in [0.05, 0.1) is 5.69 Å². The SMILES string of the molecule is c1cc(-c2cccc3ccccc23)cc(N(c2ccc3c(ccc4ccccc43)c2)c2ccccc2-c2ccc3oc4c5ccccc5ccc4c3c2)c1. The van der Waals surface area contributed by atoms with Gasteiger partial charge in [0.25, 0.3) is 0 Å². The predicted octanol–water partition coefficient (Wildman–Crippen LogP) is 15.0. The van der Waals surface area contributed by atoms with Crippen LogP contribution in [0.2, 0.25) is 0 Å². The summed E-state index contributed by atoms with van der Waals surface area (Å²) in [6.45, 7) is 0. The zero-order chi connectivity index (χ0) is 35.6. The molecular formula is C52H33NO. The Balaban J connectivity index is 1.13. The lowest BCUT2D eigenvalue weighted by molar-refractivity contribution is 0.672. The molecule has 1 heterocycles. The quantitative estimate of drug-likeness (QED) is 0.168. The Bertz CT molecular complexity index is 3240. The monoisotopic (exact) mass is 687 g/mol. The van der Waals surface area contributed by atoms with Crippen molar-refractivity contribution in [2.24, 2.45) is 0 Å². The number of para-hydroxylation sites is 1. The van der Waals surface area contributed by atoms with Crippen LogP contribution in [0.15, 0.2) is 205 Å². The molecule has 2 heteroatoms. The van der Waals surface area contributed by atoms with Crippen molar-refractivity contribution in [2.45, 2.75) is 0 Å². The minimum absolute atomic E-state index is 0.893. The van der Waals surface area contributed by atoms with Crippen LogP contribution in [0.5, 0.6) is 0 Å². The number of hydrogen-bond acceptors (Lipinski definition) is 2. The zero-order valence-electron chi connectivity index (χ0n) is 29.4. The smallest absolute Gasteiger partial charge is 0.143 e. The number of rotatable bonds is 5. The second-order valence-electron chi connectivity index (χ2n) is 14.1. The maximum Gasteiger partial charge on any atom is 0.143 e. The van der Waals surface area contributed by atoms with Gasteiger partial charge >= 0.3 is 0 Å². The van der Waals surface area contributed by atoms with Crippen molar-refractivity contribution in [3.63, 3.8) is 0 Å². The lowest BCUT2D eigenvalue weighted by atomic mass is 9.96. The van der Waals surface area contributed by atoms with Crippen LogP contribution in [0.3, 0.4) is 0 Å². The third-order valence-electron chi connectivity index (χ3n) is 11.0. The van der Waals surface area contributed by atoms with Gasteiger partial charge in [0, 0.05) is 33.1 Å². The van der Waals surface area contributed by atoms with E-state index in [1.165, 1.54) is 48.8 Å². The van der Waals surface area contributed by atoms with E-state index in [0.29, 0.717) is 0 Å². The molecule has 0 aliphatic heterocycles. The summed E-state index contributed by atoms with van der Waals surface area (Å²) in [6, 6.07) is 72.4. The van der Waals surface area contributed by atoms with Crippen molar-refractivity contribution < 1.29 is 4.42 Å². The Kier molecular flexibility index (Phi) is 6.90. The van der Waals surface area contributed by atoms with Gasteiger partial charge in [-0.05, 0) is 103 Å². The van der Waals surface area contributed by atoms with E-state index in [0.717, 1.165) is 55.5 Å². The van der Waals surface area contributed by atoms with Crippen molar-refractivity contribution in [1.29, 1.82) is 0 Å². The molecule has 10 aromatic carbocycles. The third kappa shape index (κ3) is 4.88. The van der Waals surface area contributed by atoms with E-state index in [9.17, 15) is 0 Å². The first-order valence-corrected chi connectivity index (χ1v) is 18.5. The standard InChI is InChI=1S/C52H33NO/c1-4-17-42-34(11-1)14-10-21-44(42)37-15-9-16-40(31-37)53(41-27-29-45-38(32-41)24-23-35-12-2-5-18-43(35)45)50-22-8-7-19-46(50)39-26-30-51-49(33-39)48-28-25-36-13-3-6-20-47(36)52(48)54-51/h1-33H. The van der Waals surface area contributed by atoms with Gasteiger partial charge in [-0.15, -0.1) is 0 Å². The third-order valence-corrected chi connectivity index (χ3v) is 11.0. The van der Waals surface area contributed by atoms with Gasteiger partial charge < -0.3 is 9.32 Å². The van der Waals surface area contributed by atoms with Crippen LogP contribution in [0.1, 0.15) is 0 Å². The molecule has 0 aliphatic rings. The summed E-state index contributed by atoms with van der Waals surface area (Å²) in [5.41, 5.74) is 9.80. The largest absolute Gasteiger partial charge is 0.455 e. The van der Waals surface area contributed by atoms with E-state index < -0.39 is 0 Å². The van der Waals surface area contributed by atoms with Crippen molar-refractivity contribution in [3.8, 4) is 22.3 Å². The molecule has 0 spiro atoms. The Labute approximate surface area is 312 Å². The number of anilines is 3. The van der Waals surface area contributed by atoms with Crippen LogP contribution >= 0.6 is 0 Å².